The molecular formula is C9H13NOS. The molecule has 0 radical (unpaired) electrons. The molecule has 0 amide bonds. The van der Waals surface area contributed by atoms with Crippen molar-refractivity contribution in [3.8, 4) is 0 Å². The standard InChI is InChI=1S/C9H13NOS/c1-7-4-9(12-6-7)8(11)5-10(2)3/h4,6H,5H2,1-3H3. The monoisotopic (exact) mass is 183 g/mol. The van der Waals surface area contributed by atoms with Crippen molar-refractivity contribution in [3.05, 3.63) is 21.9 Å². The molecule has 0 aliphatic rings. The first-order chi connectivity index (χ1) is 5.59. The Hall–Kier alpha value is -0.670. The lowest BCUT2D eigenvalue weighted by molar-refractivity contribution is 0.0962. The summed E-state index contributed by atoms with van der Waals surface area (Å²) in [5.41, 5.74) is 1.17. The Morgan fingerprint density at radius 3 is 2.67 bits per heavy atom. The van der Waals surface area contributed by atoms with Crippen LogP contribution in [0.2, 0.25) is 0 Å². The van der Waals surface area contributed by atoms with E-state index in [4.69, 9.17) is 0 Å². The number of ketones is 1. The Bertz CT molecular complexity index is 278. The third-order valence-corrected chi connectivity index (χ3v) is 2.55. The first-order valence-corrected chi connectivity index (χ1v) is 4.70. The molecule has 0 unspecified atom stereocenters. The van der Waals surface area contributed by atoms with Gasteiger partial charge in [-0.2, -0.15) is 0 Å². The molecule has 0 N–H and O–H groups in total. The molecular weight excluding hydrogens is 170 g/mol. The molecule has 2 nitrogen and oxygen atoms in total. The van der Waals surface area contributed by atoms with Crippen molar-refractivity contribution < 1.29 is 4.79 Å². The topological polar surface area (TPSA) is 20.3 Å². The van der Waals surface area contributed by atoms with Gasteiger partial charge in [-0.15, -0.1) is 11.3 Å². The number of rotatable bonds is 3. The van der Waals surface area contributed by atoms with Gasteiger partial charge in [0.2, 0.25) is 0 Å². The molecule has 66 valence electrons. The molecule has 0 saturated carbocycles. The Morgan fingerprint density at radius 2 is 2.25 bits per heavy atom. The number of hydrogen-bond acceptors (Lipinski definition) is 3. The molecule has 0 aliphatic carbocycles. The highest BCUT2D eigenvalue weighted by Crippen LogP contribution is 2.14. The number of carbonyl (C=O) groups is 1. The average Bonchev–Trinajstić information content (AvgIpc) is 2.34. The van der Waals surface area contributed by atoms with Crippen LogP contribution in [0.5, 0.6) is 0 Å². The van der Waals surface area contributed by atoms with Gasteiger partial charge in [-0.3, -0.25) is 4.79 Å². The van der Waals surface area contributed by atoms with Crippen molar-refractivity contribution in [2.45, 2.75) is 6.92 Å². The maximum atomic E-state index is 11.4. The van der Waals surface area contributed by atoms with E-state index in [1.165, 1.54) is 16.9 Å². The molecule has 0 fully saturated rings. The van der Waals surface area contributed by atoms with Gasteiger partial charge in [0.1, 0.15) is 0 Å². The van der Waals surface area contributed by atoms with Gasteiger partial charge in [-0.1, -0.05) is 0 Å². The van der Waals surface area contributed by atoms with Crippen molar-refractivity contribution in [2.75, 3.05) is 20.6 Å². The average molecular weight is 183 g/mol. The van der Waals surface area contributed by atoms with Crippen LogP contribution in [0, 0.1) is 6.92 Å². The van der Waals surface area contributed by atoms with Gasteiger partial charge < -0.3 is 4.90 Å². The number of hydrogen-bond donors (Lipinski definition) is 0. The second-order valence-electron chi connectivity index (χ2n) is 3.15. The summed E-state index contributed by atoms with van der Waals surface area (Å²) in [6, 6.07) is 1.94. The molecule has 3 heteroatoms. The highest BCUT2D eigenvalue weighted by atomic mass is 32.1. The lowest BCUT2D eigenvalue weighted by Crippen LogP contribution is -2.20. The molecule has 1 rings (SSSR count). The van der Waals surface area contributed by atoms with E-state index in [1.807, 2.05) is 37.4 Å². The number of thiophene rings is 1. The Kier molecular flexibility index (Phi) is 3.00. The maximum Gasteiger partial charge on any atom is 0.186 e. The van der Waals surface area contributed by atoms with Gasteiger partial charge in [-0.05, 0) is 38.0 Å². The van der Waals surface area contributed by atoms with Crippen LogP contribution in [0.1, 0.15) is 15.2 Å². The molecule has 1 heterocycles. The fourth-order valence-electron chi connectivity index (χ4n) is 0.943. The molecule has 12 heavy (non-hydrogen) atoms. The van der Waals surface area contributed by atoms with E-state index in [0.717, 1.165) is 4.88 Å². The summed E-state index contributed by atoms with van der Waals surface area (Å²) in [5, 5.41) is 2.00. The Labute approximate surface area is 76.8 Å². The van der Waals surface area contributed by atoms with Gasteiger partial charge >= 0.3 is 0 Å². The highest BCUT2D eigenvalue weighted by molar-refractivity contribution is 7.12. The fraction of sp³-hybridized carbons (Fsp3) is 0.444. The van der Waals surface area contributed by atoms with E-state index in [9.17, 15) is 4.79 Å². The molecule has 1 aromatic rings. The van der Waals surface area contributed by atoms with E-state index in [-0.39, 0.29) is 5.78 Å². The van der Waals surface area contributed by atoms with Gasteiger partial charge in [-0.25, -0.2) is 0 Å². The van der Waals surface area contributed by atoms with Crippen LogP contribution < -0.4 is 0 Å². The number of Topliss-reactive ketones (excluding diaryl/α,β-unsaturated/α-hetero) is 1. The van der Waals surface area contributed by atoms with E-state index in [2.05, 4.69) is 0 Å². The normalized spacial score (nSPS) is 10.7. The Balaban J connectivity index is 2.65. The first kappa shape index (κ1) is 9.42. The first-order valence-electron chi connectivity index (χ1n) is 3.82. The van der Waals surface area contributed by atoms with Gasteiger partial charge in [0.25, 0.3) is 0 Å². The maximum absolute atomic E-state index is 11.4. The summed E-state index contributed by atoms with van der Waals surface area (Å²) < 4.78 is 0. The summed E-state index contributed by atoms with van der Waals surface area (Å²) in [7, 11) is 3.80. The third-order valence-electron chi connectivity index (χ3n) is 1.47. The van der Waals surface area contributed by atoms with Crippen molar-refractivity contribution in [2.24, 2.45) is 0 Å². The van der Waals surface area contributed by atoms with Crippen LogP contribution in [0.4, 0.5) is 0 Å². The summed E-state index contributed by atoms with van der Waals surface area (Å²) in [4.78, 5) is 14.2. The molecule has 0 spiro atoms. The highest BCUT2D eigenvalue weighted by Gasteiger charge is 2.08. The number of carbonyl (C=O) groups excluding carboxylic acids is 1. The minimum atomic E-state index is 0.207. The van der Waals surface area contributed by atoms with Crippen LogP contribution >= 0.6 is 11.3 Å². The molecule has 1 aromatic heterocycles. The minimum absolute atomic E-state index is 0.207. The van der Waals surface area contributed by atoms with Gasteiger partial charge in [0.15, 0.2) is 5.78 Å². The zero-order valence-corrected chi connectivity index (χ0v) is 8.44. The van der Waals surface area contributed by atoms with Crippen LogP contribution in [-0.4, -0.2) is 31.3 Å². The van der Waals surface area contributed by atoms with E-state index in [0.29, 0.717) is 6.54 Å². The van der Waals surface area contributed by atoms with Crippen molar-refractivity contribution in [3.63, 3.8) is 0 Å². The van der Waals surface area contributed by atoms with E-state index in [1.54, 1.807) is 0 Å². The SMILES string of the molecule is Cc1csc(C(=O)CN(C)C)c1. The summed E-state index contributed by atoms with van der Waals surface area (Å²) in [6.45, 7) is 2.50. The zero-order chi connectivity index (χ0) is 9.14. The Morgan fingerprint density at radius 1 is 1.58 bits per heavy atom. The quantitative estimate of drug-likeness (QED) is 0.666. The van der Waals surface area contributed by atoms with Crippen LogP contribution in [0.15, 0.2) is 11.4 Å². The largest absolute Gasteiger partial charge is 0.302 e. The zero-order valence-electron chi connectivity index (χ0n) is 7.63. The summed E-state index contributed by atoms with van der Waals surface area (Å²) in [6.07, 6.45) is 0. The molecule has 0 saturated heterocycles. The van der Waals surface area contributed by atoms with Crippen molar-refractivity contribution in [1.29, 1.82) is 0 Å². The third kappa shape index (κ3) is 2.43. The predicted molar refractivity (Wildman–Crippen MR) is 51.9 cm³/mol. The lowest BCUT2D eigenvalue weighted by atomic mass is 10.2. The molecule has 0 aromatic carbocycles. The molecule has 0 atom stereocenters. The van der Waals surface area contributed by atoms with Gasteiger partial charge in [0, 0.05) is 0 Å². The predicted octanol–water partition coefficient (Wildman–Crippen LogP) is 1.80. The second kappa shape index (κ2) is 3.83. The van der Waals surface area contributed by atoms with Crippen LogP contribution in [0.3, 0.4) is 0 Å². The number of aryl methyl sites for hydroxylation is 1. The van der Waals surface area contributed by atoms with Crippen molar-refractivity contribution >= 4 is 17.1 Å². The van der Waals surface area contributed by atoms with E-state index < -0.39 is 0 Å². The van der Waals surface area contributed by atoms with Crippen molar-refractivity contribution in [1.82, 2.24) is 4.90 Å². The van der Waals surface area contributed by atoms with Crippen LogP contribution in [0.25, 0.3) is 0 Å². The smallest absolute Gasteiger partial charge is 0.186 e. The lowest BCUT2D eigenvalue weighted by Gasteiger charge is -2.05. The van der Waals surface area contributed by atoms with E-state index >= 15 is 0 Å². The number of likely N-dealkylation sites (N-methyl/N-ethyl adjacent to an activating group) is 1. The fourth-order valence-corrected chi connectivity index (χ4v) is 1.77. The molecule has 0 aliphatic heterocycles. The van der Waals surface area contributed by atoms with Crippen LogP contribution in [-0.2, 0) is 0 Å². The molecule has 0 bridgehead atoms. The second-order valence-corrected chi connectivity index (χ2v) is 4.06. The summed E-state index contributed by atoms with van der Waals surface area (Å²) >= 11 is 1.52. The van der Waals surface area contributed by atoms with Gasteiger partial charge in [0.05, 0.1) is 11.4 Å². The summed E-state index contributed by atoms with van der Waals surface area (Å²) in [5.74, 6) is 0.207. The number of nitrogens with zero attached hydrogens (tertiary/aromatic N) is 1. The minimum Gasteiger partial charge on any atom is -0.302 e.